The fourth-order valence-electron chi connectivity index (χ4n) is 6.96. The van der Waals surface area contributed by atoms with E-state index in [4.69, 9.17) is 9.72 Å². The van der Waals surface area contributed by atoms with Crippen LogP contribution in [0.15, 0.2) is 48.8 Å². The van der Waals surface area contributed by atoms with Crippen LogP contribution < -0.4 is 10.2 Å². The first-order valence-corrected chi connectivity index (χ1v) is 16.5. The number of halogens is 3. The molecule has 0 radical (unpaired) electrons. The van der Waals surface area contributed by atoms with Gasteiger partial charge in [-0.2, -0.15) is 18.4 Å². The third kappa shape index (κ3) is 6.89. The Labute approximate surface area is 282 Å². The highest BCUT2D eigenvalue weighted by atomic mass is 19.4. The molecule has 2 aliphatic heterocycles. The van der Waals surface area contributed by atoms with Crippen LogP contribution in [0.2, 0.25) is 0 Å². The minimum atomic E-state index is -4.66. The Kier molecular flexibility index (Phi) is 8.62. The number of ether oxygens (including phenoxy) is 1. The van der Waals surface area contributed by atoms with Gasteiger partial charge in [-0.1, -0.05) is 12.8 Å². The Morgan fingerprint density at radius 1 is 1.04 bits per heavy atom. The van der Waals surface area contributed by atoms with E-state index < -0.39 is 17.6 Å². The van der Waals surface area contributed by atoms with Gasteiger partial charge >= 0.3 is 6.18 Å². The van der Waals surface area contributed by atoms with Crippen molar-refractivity contribution in [3.8, 4) is 28.6 Å². The summed E-state index contributed by atoms with van der Waals surface area (Å²) < 4.78 is 51.4. The number of aromatic nitrogens is 4. The van der Waals surface area contributed by atoms with E-state index in [-0.39, 0.29) is 42.2 Å². The minimum Gasteiger partial charge on any atom is -0.373 e. The standard InChI is InChI=1S/C36H37F3N8O2/c1-21-16-46(17-22(2)49-21)18-25-11-29-30(31(12-25)36(37,38)39)19-47(35(29)48)33-14-26(13-32(43-33)41-9-8-23-4-5-23)28-10-24(15-40)6-7-27(28)34-44-42-20-45(34)3/h6-7,10-14,20-23H,4-5,8-9,16-19H2,1-3H3,(H,41,43). The number of carbonyl (C=O) groups is 1. The number of rotatable bonds is 9. The minimum absolute atomic E-state index is 0.0286. The largest absolute Gasteiger partial charge is 0.416 e. The van der Waals surface area contributed by atoms with Crippen LogP contribution in [0.1, 0.15) is 65.7 Å². The average Bonchev–Trinajstić information content (AvgIpc) is 3.69. The number of aryl methyl sites for hydroxylation is 1. The number of hydrogen-bond donors (Lipinski definition) is 1. The second kappa shape index (κ2) is 12.9. The summed E-state index contributed by atoms with van der Waals surface area (Å²) in [5.74, 6) is 1.38. The van der Waals surface area contributed by atoms with Gasteiger partial charge in [-0.05, 0) is 90.9 Å². The van der Waals surface area contributed by atoms with E-state index in [9.17, 15) is 23.2 Å². The summed E-state index contributed by atoms with van der Waals surface area (Å²) in [5.41, 5.74) is 1.98. The van der Waals surface area contributed by atoms with Gasteiger partial charge in [0.05, 0.1) is 35.9 Å². The van der Waals surface area contributed by atoms with E-state index in [1.54, 1.807) is 41.2 Å². The molecule has 2 fully saturated rings. The lowest BCUT2D eigenvalue weighted by molar-refractivity contribution is -0.138. The number of carbonyl (C=O) groups excluding carboxylic acids is 1. The summed E-state index contributed by atoms with van der Waals surface area (Å²) in [4.78, 5) is 22.2. The zero-order valence-electron chi connectivity index (χ0n) is 27.6. The van der Waals surface area contributed by atoms with E-state index in [2.05, 4.69) is 26.5 Å². The van der Waals surface area contributed by atoms with Crippen LogP contribution in [0.5, 0.6) is 0 Å². The van der Waals surface area contributed by atoms with Crippen molar-refractivity contribution in [3.63, 3.8) is 0 Å². The molecular weight excluding hydrogens is 633 g/mol. The van der Waals surface area contributed by atoms with Crippen molar-refractivity contribution < 1.29 is 22.7 Å². The van der Waals surface area contributed by atoms with Gasteiger partial charge in [0.15, 0.2) is 5.82 Å². The quantitative estimate of drug-likeness (QED) is 0.217. The molecule has 2 unspecified atom stereocenters. The van der Waals surface area contributed by atoms with Crippen LogP contribution in [0.4, 0.5) is 24.8 Å². The molecule has 0 spiro atoms. The molecule has 4 aromatic rings. The van der Waals surface area contributed by atoms with Crippen LogP contribution in [-0.4, -0.2) is 62.4 Å². The summed E-state index contributed by atoms with van der Waals surface area (Å²) >= 11 is 0. The molecule has 49 heavy (non-hydrogen) atoms. The molecular formula is C36H37F3N8O2. The lowest BCUT2D eigenvalue weighted by Gasteiger charge is -2.35. The Bertz CT molecular complexity index is 1940. The summed E-state index contributed by atoms with van der Waals surface area (Å²) in [7, 11) is 1.81. The number of nitrogens with one attached hydrogen (secondary N) is 1. The maximum Gasteiger partial charge on any atom is 0.416 e. The summed E-state index contributed by atoms with van der Waals surface area (Å²) in [5, 5.41) is 21.4. The first-order valence-electron chi connectivity index (χ1n) is 16.5. The average molecular weight is 671 g/mol. The number of pyridine rings is 1. The molecule has 1 saturated heterocycles. The van der Waals surface area contributed by atoms with Crippen molar-refractivity contribution in [2.24, 2.45) is 13.0 Å². The van der Waals surface area contributed by atoms with Crippen LogP contribution in [0.25, 0.3) is 22.5 Å². The van der Waals surface area contributed by atoms with Gasteiger partial charge in [-0.15, -0.1) is 10.2 Å². The first kappa shape index (κ1) is 32.7. The zero-order valence-corrected chi connectivity index (χ0v) is 27.6. The van der Waals surface area contributed by atoms with E-state index in [1.165, 1.54) is 23.8 Å². The maximum atomic E-state index is 14.6. The smallest absolute Gasteiger partial charge is 0.373 e. The topological polar surface area (TPSA) is 112 Å². The number of amides is 1. The fraction of sp³-hybridized carbons (Fsp3) is 0.417. The number of alkyl halides is 3. The molecule has 4 heterocycles. The molecule has 1 amide bonds. The monoisotopic (exact) mass is 670 g/mol. The van der Waals surface area contributed by atoms with Crippen molar-refractivity contribution in [1.82, 2.24) is 24.6 Å². The van der Waals surface area contributed by atoms with Gasteiger partial charge in [0.2, 0.25) is 0 Å². The molecule has 2 aromatic heterocycles. The van der Waals surface area contributed by atoms with Crippen molar-refractivity contribution in [2.45, 2.75) is 64.6 Å². The summed E-state index contributed by atoms with van der Waals surface area (Å²) in [6.45, 7) is 5.70. The third-order valence-electron chi connectivity index (χ3n) is 9.36. The highest BCUT2D eigenvalue weighted by Gasteiger charge is 2.41. The number of nitriles is 1. The predicted molar refractivity (Wildman–Crippen MR) is 177 cm³/mol. The van der Waals surface area contributed by atoms with Crippen LogP contribution in [0, 0.1) is 17.2 Å². The van der Waals surface area contributed by atoms with E-state index in [0.717, 1.165) is 6.42 Å². The van der Waals surface area contributed by atoms with Crippen molar-refractivity contribution >= 4 is 17.5 Å². The molecule has 2 aromatic carbocycles. The molecule has 13 heteroatoms. The summed E-state index contributed by atoms with van der Waals surface area (Å²) in [6.07, 6.45) is 0.160. The molecule has 1 aliphatic carbocycles. The van der Waals surface area contributed by atoms with Crippen LogP contribution in [0.3, 0.4) is 0 Å². The molecule has 7 rings (SSSR count). The molecule has 3 aliphatic rings. The summed E-state index contributed by atoms with van der Waals surface area (Å²) in [6, 6.07) is 13.7. The lowest BCUT2D eigenvalue weighted by atomic mass is 9.97. The van der Waals surface area contributed by atoms with E-state index in [1.807, 2.05) is 27.0 Å². The first-order chi connectivity index (χ1) is 23.5. The van der Waals surface area contributed by atoms with Gasteiger partial charge in [0, 0.05) is 44.4 Å². The van der Waals surface area contributed by atoms with Gasteiger partial charge < -0.3 is 14.6 Å². The Morgan fingerprint density at radius 3 is 2.49 bits per heavy atom. The van der Waals surface area contributed by atoms with Gasteiger partial charge in [-0.25, -0.2) is 4.98 Å². The third-order valence-corrected chi connectivity index (χ3v) is 9.36. The van der Waals surface area contributed by atoms with Crippen molar-refractivity contribution in [1.29, 1.82) is 5.26 Å². The molecule has 2 atom stereocenters. The van der Waals surface area contributed by atoms with Gasteiger partial charge in [0.25, 0.3) is 5.91 Å². The SMILES string of the molecule is CC1CN(Cc2cc3c(c(C(F)(F)F)c2)CN(c2cc(-c4cc(C#N)ccc4-c4nncn4C)cc(NCCC4CC4)n2)C3=O)CC(C)O1. The lowest BCUT2D eigenvalue weighted by Crippen LogP contribution is -2.44. The van der Waals surface area contributed by atoms with Crippen LogP contribution >= 0.6 is 0 Å². The number of nitrogens with zero attached hydrogens (tertiary/aromatic N) is 7. The van der Waals surface area contributed by atoms with E-state index >= 15 is 0 Å². The normalized spacial score (nSPS) is 19.6. The number of anilines is 2. The molecule has 254 valence electrons. The Morgan fingerprint density at radius 2 is 1.82 bits per heavy atom. The zero-order chi connectivity index (χ0) is 34.4. The van der Waals surface area contributed by atoms with Crippen LogP contribution in [-0.2, 0) is 31.1 Å². The van der Waals surface area contributed by atoms with Gasteiger partial charge in [0.1, 0.15) is 18.0 Å². The predicted octanol–water partition coefficient (Wildman–Crippen LogP) is 6.42. The highest BCUT2D eigenvalue weighted by Crippen LogP contribution is 2.41. The molecule has 0 bridgehead atoms. The number of fused-ring (bicyclic) bond motifs is 1. The molecule has 10 nitrogen and oxygen atoms in total. The molecule has 1 saturated carbocycles. The van der Waals surface area contributed by atoms with Gasteiger partial charge in [-0.3, -0.25) is 14.6 Å². The molecule has 1 N–H and O–H groups in total. The Hall–Kier alpha value is -4.80. The second-order valence-electron chi connectivity index (χ2n) is 13.4. The fourth-order valence-corrected chi connectivity index (χ4v) is 6.96. The maximum absolute atomic E-state index is 14.6. The van der Waals surface area contributed by atoms with Crippen molar-refractivity contribution in [2.75, 3.05) is 29.9 Å². The number of hydrogen-bond acceptors (Lipinski definition) is 8. The Balaban J connectivity index is 1.29. The highest BCUT2D eigenvalue weighted by molar-refractivity contribution is 6.10. The number of morpholine rings is 1. The second-order valence-corrected chi connectivity index (χ2v) is 13.4. The number of benzene rings is 2. The van der Waals surface area contributed by atoms with E-state index in [0.29, 0.717) is 65.0 Å². The van der Waals surface area contributed by atoms with Crippen molar-refractivity contribution in [3.05, 3.63) is 76.6 Å².